The van der Waals surface area contributed by atoms with Gasteiger partial charge in [-0.3, -0.25) is 14.5 Å². The van der Waals surface area contributed by atoms with Crippen molar-refractivity contribution in [1.82, 2.24) is 9.80 Å². The van der Waals surface area contributed by atoms with Crippen molar-refractivity contribution in [3.05, 3.63) is 35.4 Å². The summed E-state index contributed by atoms with van der Waals surface area (Å²) in [5.41, 5.74) is 0.821. The van der Waals surface area contributed by atoms with Crippen molar-refractivity contribution in [3.63, 3.8) is 0 Å². The first-order chi connectivity index (χ1) is 13.2. The summed E-state index contributed by atoms with van der Waals surface area (Å²) in [5, 5.41) is 0. The lowest BCUT2D eigenvalue weighted by atomic mass is 9.57. The minimum atomic E-state index is -0.472. The Bertz CT molecular complexity index is 775. The molecule has 6 nitrogen and oxygen atoms in total. The van der Waals surface area contributed by atoms with Crippen LogP contribution >= 0.6 is 0 Å². The number of rotatable bonds is 2. The molecule has 0 bridgehead atoms. The van der Waals surface area contributed by atoms with Crippen molar-refractivity contribution in [2.45, 2.75) is 52.1 Å². The molecule has 2 fully saturated rings. The van der Waals surface area contributed by atoms with E-state index in [2.05, 4.69) is 0 Å². The molecule has 150 valence electrons. The second kappa shape index (κ2) is 6.61. The number of hydrogen-bond donors (Lipinski definition) is 0. The summed E-state index contributed by atoms with van der Waals surface area (Å²) in [6.45, 7) is 7.58. The third-order valence-corrected chi connectivity index (χ3v) is 6.24. The Labute approximate surface area is 165 Å². The van der Waals surface area contributed by atoms with Gasteiger partial charge < -0.3 is 9.64 Å². The van der Waals surface area contributed by atoms with Crippen molar-refractivity contribution in [2.24, 2.45) is 11.3 Å². The highest BCUT2D eigenvalue weighted by atomic mass is 16.6. The molecular formula is C22H28N2O4. The van der Waals surface area contributed by atoms with Crippen LogP contribution in [0.2, 0.25) is 0 Å². The quantitative estimate of drug-likeness (QED) is 0.729. The molecule has 1 aliphatic carbocycles. The van der Waals surface area contributed by atoms with Crippen molar-refractivity contribution >= 4 is 17.9 Å². The number of amides is 3. The molecule has 1 aromatic rings. The van der Waals surface area contributed by atoms with Gasteiger partial charge in [-0.1, -0.05) is 12.1 Å². The summed E-state index contributed by atoms with van der Waals surface area (Å²) in [6, 6.07) is 7.04. The molecule has 0 radical (unpaired) electrons. The van der Waals surface area contributed by atoms with E-state index >= 15 is 0 Å². The molecule has 3 aliphatic rings. The minimum Gasteiger partial charge on any atom is -0.444 e. The van der Waals surface area contributed by atoms with Crippen molar-refractivity contribution in [1.29, 1.82) is 0 Å². The van der Waals surface area contributed by atoms with Gasteiger partial charge in [0, 0.05) is 19.6 Å². The summed E-state index contributed by atoms with van der Waals surface area (Å²) in [6.07, 6.45) is 3.73. The number of hydrogen-bond acceptors (Lipinski definition) is 4. The van der Waals surface area contributed by atoms with E-state index in [4.69, 9.17) is 4.74 Å². The van der Waals surface area contributed by atoms with Crippen LogP contribution in [0.5, 0.6) is 0 Å². The number of benzene rings is 1. The van der Waals surface area contributed by atoms with Crippen LogP contribution in [0.1, 0.15) is 67.2 Å². The molecule has 28 heavy (non-hydrogen) atoms. The number of carbonyl (C=O) groups excluding carboxylic acids is 3. The number of piperidine rings is 1. The molecule has 2 heterocycles. The predicted molar refractivity (Wildman–Crippen MR) is 104 cm³/mol. The summed E-state index contributed by atoms with van der Waals surface area (Å²) < 4.78 is 5.47. The van der Waals surface area contributed by atoms with E-state index in [1.807, 2.05) is 20.8 Å². The van der Waals surface area contributed by atoms with Crippen molar-refractivity contribution < 1.29 is 19.1 Å². The highest BCUT2D eigenvalue weighted by Crippen LogP contribution is 2.53. The van der Waals surface area contributed by atoms with E-state index in [1.165, 1.54) is 4.90 Å². The summed E-state index contributed by atoms with van der Waals surface area (Å²) in [5.74, 6) is 0.0258. The number of ether oxygens (including phenoxy) is 1. The van der Waals surface area contributed by atoms with Crippen LogP contribution < -0.4 is 0 Å². The minimum absolute atomic E-state index is 0.165. The third-order valence-electron chi connectivity index (χ3n) is 6.24. The van der Waals surface area contributed by atoms with E-state index in [0.717, 1.165) is 25.7 Å². The summed E-state index contributed by atoms with van der Waals surface area (Å²) in [7, 11) is 0. The zero-order valence-electron chi connectivity index (χ0n) is 16.9. The van der Waals surface area contributed by atoms with Crippen LogP contribution in [0.25, 0.3) is 0 Å². The molecule has 0 aromatic heterocycles. The Hall–Kier alpha value is -2.37. The second-order valence-electron chi connectivity index (χ2n) is 9.51. The molecule has 1 spiro atoms. The van der Waals surface area contributed by atoms with Gasteiger partial charge in [0.25, 0.3) is 11.8 Å². The van der Waals surface area contributed by atoms with Gasteiger partial charge in [0.1, 0.15) is 5.60 Å². The summed E-state index contributed by atoms with van der Waals surface area (Å²) >= 11 is 0. The van der Waals surface area contributed by atoms with Gasteiger partial charge in [0.05, 0.1) is 11.1 Å². The van der Waals surface area contributed by atoms with Crippen molar-refractivity contribution in [2.75, 3.05) is 19.6 Å². The van der Waals surface area contributed by atoms with Crippen LogP contribution in [0, 0.1) is 11.3 Å². The van der Waals surface area contributed by atoms with Gasteiger partial charge in [-0.15, -0.1) is 0 Å². The Morgan fingerprint density at radius 2 is 1.61 bits per heavy atom. The van der Waals surface area contributed by atoms with E-state index in [-0.39, 0.29) is 23.3 Å². The Balaban J connectivity index is 1.29. The van der Waals surface area contributed by atoms with Gasteiger partial charge in [-0.25, -0.2) is 4.79 Å². The zero-order valence-corrected chi connectivity index (χ0v) is 16.9. The normalized spacial score (nSPS) is 21.7. The molecule has 6 heteroatoms. The van der Waals surface area contributed by atoms with Gasteiger partial charge in [-0.05, 0) is 69.9 Å². The topological polar surface area (TPSA) is 66.9 Å². The predicted octanol–water partition coefficient (Wildman–Crippen LogP) is 3.71. The lowest BCUT2D eigenvalue weighted by Crippen LogP contribution is -2.51. The third kappa shape index (κ3) is 3.40. The van der Waals surface area contributed by atoms with Crippen LogP contribution in [0.15, 0.2) is 24.3 Å². The molecule has 1 aromatic carbocycles. The number of imide groups is 1. The molecule has 3 amide bonds. The first-order valence-corrected chi connectivity index (χ1v) is 10.1. The number of fused-ring (bicyclic) bond motifs is 1. The maximum atomic E-state index is 12.5. The van der Waals surface area contributed by atoms with Gasteiger partial charge in [0.2, 0.25) is 0 Å². The second-order valence-corrected chi connectivity index (χ2v) is 9.51. The zero-order chi connectivity index (χ0) is 20.1. The number of carbonyl (C=O) groups is 3. The largest absolute Gasteiger partial charge is 0.444 e. The first-order valence-electron chi connectivity index (χ1n) is 10.1. The standard InChI is InChI=1S/C22H28N2O4/c1-21(2,3)28-20(27)23-10-8-22(9-11-23)12-15(13-22)14-24-18(25)16-6-4-5-7-17(16)19(24)26/h4-7,15H,8-14H2,1-3H3. The van der Waals surface area contributed by atoms with Crippen LogP contribution in [0.3, 0.4) is 0 Å². The van der Waals surface area contributed by atoms with Crippen LogP contribution in [-0.4, -0.2) is 52.9 Å². The van der Waals surface area contributed by atoms with E-state index in [0.29, 0.717) is 36.7 Å². The fourth-order valence-electron chi connectivity index (χ4n) is 4.86. The monoisotopic (exact) mass is 384 g/mol. The fraction of sp³-hybridized carbons (Fsp3) is 0.591. The smallest absolute Gasteiger partial charge is 0.410 e. The molecule has 1 saturated heterocycles. The molecule has 0 N–H and O–H groups in total. The Morgan fingerprint density at radius 1 is 1.07 bits per heavy atom. The molecule has 4 rings (SSSR count). The lowest BCUT2D eigenvalue weighted by Gasteiger charge is -2.52. The SMILES string of the molecule is CC(C)(C)OC(=O)N1CCC2(CC1)CC(CN1C(=O)c3ccccc3C1=O)C2. The molecule has 2 aliphatic heterocycles. The molecule has 1 saturated carbocycles. The summed E-state index contributed by atoms with van der Waals surface area (Å²) in [4.78, 5) is 40.5. The van der Waals surface area contributed by atoms with E-state index < -0.39 is 5.60 Å². The number of likely N-dealkylation sites (tertiary alicyclic amines) is 1. The van der Waals surface area contributed by atoms with Gasteiger partial charge >= 0.3 is 6.09 Å². The Morgan fingerprint density at radius 3 is 2.11 bits per heavy atom. The number of nitrogens with zero attached hydrogens (tertiary/aromatic N) is 2. The molecular weight excluding hydrogens is 356 g/mol. The van der Waals surface area contributed by atoms with Crippen LogP contribution in [0.4, 0.5) is 4.79 Å². The average molecular weight is 384 g/mol. The maximum Gasteiger partial charge on any atom is 0.410 e. The molecule has 0 unspecified atom stereocenters. The lowest BCUT2D eigenvalue weighted by molar-refractivity contribution is -0.0324. The first kappa shape index (κ1) is 19.0. The average Bonchev–Trinajstić information content (AvgIpc) is 2.85. The van der Waals surface area contributed by atoms with E-state index in [9.17, 15) is 14.4 Å². The van der Waals surface area contributed by atoms with Gasteiger partial charge in [0.15, 0.2) is 0 Å². The fourth-order valence-corrected chi connectivity index (χ4v) is 4.86. The van der Waals surface area contributed by atoms with Gasteiger partial charge in [-0.2, -0.15) is 0 Å². The van der Waals surface area contributed by atoms with Crippen LogP contribution in [-0.2, 0) is 4.74 Å². The Kier molecular flexibility index (Phi) is 4.47. The highest BCUT2D eigenvalue weighted by Gasteiger charge is 2.48. The van der Waals surface area contributed by atoms with Crippen molar-refractivity contribution in [3.8, 4) is 0 Å². The highest BCUT2D eigenvalue weighted by molar-refractivity contribution is 6.21. The molecule has 0 atom stereocenters. The van der Waals surface area contributed by atoms with E-state index in [1.54, 1.807) is 29.2 Å². The maximum absolute atomic E-state index is 12.5.